The summed E-state index contributed by atoms with van der Waals surface area (Å²) in [5.74, 6) is -0.235. The number of amides is 1. The molecule has 1 aromatic heterocycles. The van der Waals surface area contributed by atoms with Gasteiger partial charge >= 0.3 is 0 Å². The lowest BCUT2D eigenvalue weighted by molar-refractivity contribution is -0.132. The molecule has 136 valence electrons. The maximum Gasteiger partial charge on any atom is 0.251 e. The summed E-state index contributed by atoms with van der Waals surface area (Å²) in [4.78, 5) is 16.8. The second kappa shape index (κ2) is 8.90. The summed E-state index contributed by atoms with van der Waals surface area (Å²) in [5.41, 5.74) is 3.06. The van der Waals surface area contributed by atoms with Crippen molar-refractivity contribution in [3.63, 3.8) is 0 Å². The number of rotatable bonds is 5. The van der Waals surface area contributed by atoms with Crippen molar-refractivity contribution in [2.45, 2.75) is 31.9 Å². The van der Waals surface area contributed by atoms with Crippen molar-refractivity contribution in [1.29, 1.82) is 5.26 Å². The van der Waals surface area contributed by atoms with Crippen LogP contribution in [-0.4, -0.2) is 42.7 Å². The number of aromatic nitrogens is 1. The number of hydrogen-bond donors (Lipinski definition) is 2. The van der Waals surface area contributed by atoms with Crippen molar-refractivity contribution in [3.8, 4) is 16.6 Å². The van der Waals surface area contributed by atoms with Crippen molar-refractivity contribution in [1.82, 2.24) is 15.6 Å². The van der Waals surface area contributed by atoms with Crippen molar-refractivity contribution in [3.05, 3.63) is 40.9 Å². The number of nitriles is 1. The number of benzene rings is 1. The Labute approximate surface area is 157 Å². The first kappa shape index (κ1) is 18.5. The highest BCUT2D eigenvalue weighted by molar-refractivity contribution is 7.13. The molecule has 0 spiro atoms. The zero-order valence-electron chi connectivity index (χ0n) is 14.7. The SMILES string of the molecule is Cc1csc(-c2ccc(C[C@@H](C#N)NC(=O)[C@@H]3CNCCCO3)cc2)n1. The fourth-order valence-electron chi connectivity index (χ4n) is 2.78. The third kappa shape index (κ3) is 4.88. The Balaban J connectivity index is 1.59. The first-order chi connectivity index (χ1) is 12.7. The maximum absolute atomic E-state index is 12.3. The van der Waals surface area contributed by atoms with Gasteiger partial charge in [0.05, 0.1) is 6.07 Å². The second-order valence-electron chi connectivity index (χ2n) is 6.30. The number of carbonyl (C=O) groups is 1. The summed E-state index contributed by atoms with van der Waals surface area (Å²) < 4.78 is 5.54. The number of aryl methyl sites for hydroxylation is 1. The van der Waals surface area contributed by atoms with Crippen LogP contribution in [0.2, 0.25) is 0 Å². The highest BCUT2D eigenvalue weighted by Gasteiger charge is 2.23. The van der Waals surface area contributed by atoms with Crippen LogP contribution in [0.15, 0.2) is 29.6 Å². The summed E-state index contributed by atoms with van der Waals surface area (Å²) in [6.07, 6.45) is 0.805. The lowest BCUT2D eigenvalue weighted by Crippen LogP contribution is -2.46. The second-order valence-corrected chi connectivity index (χ2v) is 7.16. The third-order valence-corrected chi connectivity index (χ3v) is 5.18. The minimum atomic E-state index is -0.581. The van der Waals surface area contributed by atoms with E-state index in [0.29, 0.717) is 19.6 Å². The highest BCUT2D eigenvalue weighted by Crippen LogP contribution is 2.23. The Morgan fingerprint density at radius 3 is 3.00 bits per heavy atom. The van der Waals surface area contributed by atoms with Crippen molar-refractivity contribution >= 4 is 17.2 Å². The Bertz CT molecular complexity index is 774. The van der Waals surface area contributed by atoms with E-state index in [1.165, 1.54) is 0 Å². The minimum absolute atomic E-state index is 0.235. The Morgan fingerprint density at radius 2 is 2.31 bits per heavy atom. The van der Waals surface area contributed by atoms with Crippen LogP contribution in [0.3, 0.4) is 0 Å². The average molecular weight is 370 g/mol. The van der Waals surface area contributed by atoms with Crippen LogP contribution in [0, 0.1) is 18.3 Å². The van der Waals surface area contributed by atoms with Gasteiger partial charge < -0.3 is 15.4 Å². The van der Waals surface area contributed by atoms with Crippen LogP contribution in [0.5, 0.6) is 0 Å². The molecule has 6 nitrogen and oxygen atoms in total. The average Bonchev–Trinajstić information content (AvgIpc) is 2.92. The molecule has 1 aliphatic rings. The molecule has 2 aromatic rings. The molecule has 0 aliphatic carbocycles. The highest BCUT2D eigenvalue weighted by atomic mass is 32.1. The van der Waals surface area contributed by atoms with E-state index in [0.717, 1.165) is 34.8 Å². The summed E-state index contributed by atoms with van der Waals surface area (Å²) in [5, 5.41) is 18.4. The lowest BCUT2D eigenvalue weighted by Gasteiger charge is -2.18. The van der Waals surface area contributed by atoms with Crippen LogP contribution in [0.4, 0.5) is 0 Å². The first-order valence-electron chi connectivity index (χ1n) is 8.69. The van der Waals surface area contributed by atoms with E-state index in [4.69, 9.17) is 4.74 Å². The molecule has 7 heteroatoms. The molecule has 2 N–H and O–H groups in total. The van der Waals surface area contributed by atoms with Gasteiger partial charge in [0.2, 0.25) is 0 Å². The van der Waals surface area contributed by atoms with E-state index >= 15 is 0 Å². The van der Waals surface area contributed by atoms with E-state index in [1.54, 1.807) is 11.3 Å². The number of ether oxygens (including phenoxy) is 1. The molecule has 1 aromatic carbocycles. The van der Waals surface area contributed by atoms with E-state index in [9.17, 15) is 10.1 Å². The van der Waals surface area contributed by atoms with Gasteiger partial charge in [0.25, 0.3) is 5.91 Å². The van der Waals surface area contributed by atoms with Gasteiger partial charge in [-0.3, -0.25) is 4.79 Å². The summed E-state index contributed by atoms with van der Waals surface area (Å²) >= 11 is 1.61. The topological polar surface area (TPSA) is 87.0 Å². The predicted octanol–water partition coefficient (Wildman–Crippen LogP) is 2.05. The molecule has 3 rings (SSSR count). The minimum Gasteiger partial charge on any atom is -0.367 e. The zero-order valence-corrected chi connectivity index (χ0v) is 15.5. The molecule has 26 heavy (non-hydrogen) atoms. The van der Waals surface area contributed by atoms with Crippen LogP contribution in [0.25, 0.3) is 10.6 Å². The molecule has 1 amide bonds. The molecule has 2 heterocycles. The van der Waals surface area contributed by atoms with Crippen molar-refractivity contribution in [2.24, 2.45) is 0 Å². The van der Waals surface area contributed by atoms with Crippen LogP contribution < -0.4 is 10.6 Å². The van der Waals surface area contributed by atoms with Gasteiger partial charge in [-0.2, -0.15) is 5.26 Å². The summed E-state index contributed by atoms with van der Waals surface area (Å²) in [6, 6.07) is 9.55. The molecule has 0 saturated carbocycles. The maximum atomic E-state index is 12.3. The van der Waals surface area contributed by atoms with Gasteiger partial charge in [-0.15, -0.1) is 11.3 Å². The smallest absolute Gasteiger partial charge is 0.251 e. The summed E-state index contributed by atoms with van der Waals surface area (Å²) in [6.45, 7) is 3.85. The number of hydrogen-bond acceptors (Lipinski definition) is 6. The molecule has 1 saturated heterocycles. The zero-order chi connectivity index (χ0) is 18.4. The number of thiazole rings is 1. The number of nitrogens with one attached hydrogen (secondary N) is 2. The van der Waals surface area contributed by atoms with Gasteiger partial charge in [-0.1, -0.05) is 24.3 Å². The third-order valence-electron chi connectivity index (χ3n) is 4.17. The molecule has 2 atom stereocenters. The van der Waals surface area contributed by atoms with Gasteiger partial charge in [-0.05, 0) is 25.5 Å². The van der Waals surface area contributed by atoms with Crippen LogP contribution >= 0.6 is 11.3 Å². The first-order valence-corrected chi connectivity index (χ1v) is 9.57. The summed E-state index contributed by atoms with van der Waals surface area (Å²) in [7, 11) is 0. The predicted molar refractivity (Wildman–Crippen MR) is 101 cm³/mol. The van der Waals surface area contributed by atoms with Gasteiger partial charge in [0, 0.05) is 36.2 Å². The molecule has 1 aliphatic heterocycles. The fourth-order valence-corrected chi connectivity index (χ4v) is 3.59. The quantitative estimate of drug-likeness (QED) is 0.841. The lowest BCUT2D eigenvalue weighted by atomic mass is 10.0. The Morgan fingerprint density at radius 1 is 1.50 bits per heavy atom. The van der Waals surface area contributed by atoms with E-state index in [-0.39, 0.29) is 5.91 Å². The number of nitrogens with zero attached hydrogens (tertiary/aromatic N) is 2. The van der Waals surface area contributed by atoms with Gasteiger partial charge in [-0.25, -0.2) is 4.98 Å². The van der Waals surface area contributed by atoms with Crippen molar-refractivity contribution < 1.29 is 9.53 Å². The molecule has 1 fully saturated rings. The largest absolute Gasteiger partial charge is 0.367 e. The van der Waals surface area contributed by atoms with Crippen LogP contribution in [0.1, 0.15) is 17.7 Å². The molecular weight excluding hydrogens is 348 g/mol. The van der Waals surface area contributed by atoms with Gasteiger partial charge in [0.1, 0.15) is 17.2 Å². The Kier molecular flexibility index (Phi) is 6.34. The molecule has 0 unspecified atom stereocenters. The van der Waals surface area contributed by atoms with E-state index in [1.807, 2.05) is 36.6 Å². The molecule has 0 bridgehead atoms. The van der Waals surface area contributed by atoms with E-state index < -0.39 is 12.1 Å². The molecular formula is C19H22N4O2S. The van der Waals surface area contributed by atoms with Gasteiger partial charge in [0.15, 0.2) is 0 Å². The monoisotopic (exact) mass is 370 g/mol. The van der Waals surface area contributed by atoms with Crippen molar-refractivity contribution in [2.75, 3.05) is 19.7 Å². The molecule has 0 radical (unpaired) electrons. The van der Waals surface area contributed by atoms with E-state index in [2.05, 4.69) is 21.7 Å². The fraction of sp³-hybridized carbons (Fsp3) is 0.421. The standard InChI is InChI=1S/C19H22N4O2S/c1-13-12-26-19(22-13)15-5-3-14(4-6-15)9-16(10-20)23-18(24)17-11-21-7-2-8-25-17/h3-6,12,16-17,21H,2,7-9,11H2,1H3,(H,23,24)/t16-,17-/m0/s1. The number of carbonyl (C=O) groups excluding carboxylic acids is 1. The Hall–Kier alpha value is -2.27. The normalized spacial score (nSPS) is 18.5. The van der Waals surface area contributed by atoms with Crippen LogP contribution in [-0.2, 0) is 16.0 Å².